The van der Waals surface area contributed by atoms with Crippen LogP contribution in [-0.4, -0.2) is 33.3 Å². The quantitative estimate of drug-likeness (QED) is 0.588. The Bertz CT molecular complexity index is 1110. The molecule has 0 amide bonds. The van der Waals surface area contributed by atoms with Crippen molar-refractivity contribution in [2.45, 2.75) is 12.8 Å². The molecule has 1 aliphatic rings. The van der Waals surface area contributed by atoms with Gasteiger partial charge in [0.25, 0.3) is 0 Å². The highest BCUT2D eigenvalue weighted by molar-refractivity contribution is 5.95. The minimum atomic E-state index is -0.289. The number of benzene rings is 1. The first-order valence-corrected chi connectivity index (χ1v) is 9.09. The van der Waals surface area contributed by atoms with Crippen molar-refractivity contribution < 1.29 is 4.39 Å². The first-order valence-electron chi connectivity index (χ1n) is 9.09. The fraction of sp³-hybridized carbons (Fsp3) is 0.190. The third kappa shape index (κ3) is 2.73. The molecule has 4 aromatic rings. The standard InChI is InChI=1S/C21H18FN5/c22-17-6-2-1-5-14(17)21-15-11-18(24-13-19(15)25-26-21)16-12-23-8-7-20(16)27-9-3-4-10-27/h1-2,5-8,11-13H,3-4,9-10H2,(H,25,26). The molecule has 1 aliphatic heterocycles. The molecule has 3 aromatic heterocycles. The Hall–Kier alpha value is -3.28. The first kappa shape index (κ1) is 15.9. The van der Waals surface area contributed by atoms with Crippen LogP contribution < -0.4 is 4.90 Å². The number of rotatable bonds is 3. The van der Waals surface area contributed by atoms with Crippen molar-refractivity contribution in [1.29, 1.82) is 0 Å². The highest BCUT2D eigenvalue weighted by Gasteiger charge is 2.19. The van der Waals surface area contributed by atoms with Crippen LogP contribution in [0.5, 0.6) is 0 Å². The number of H-pyrrole nitrogens is 1. The van der Waals surface area contributed by atoms with Crippen LogP contribution >= 0.6 is 0 Å². The number of aromatic amines is 1. The minimum absolute atomic E-state index is 0.289. The maximum Gasteiger partial charge on any atom is 0.132 e. The number of anilines is 1. The van der Waals surface area contributed by atoms with Gasteiger partial charge >= 0.3 is 0 Å². The van der Waals surface area contributed by atoms with Crippen molar-refractivity contribution in [3.63, 3.8) is 0 Å². The Labute approximate surface area is 155 Å². The highest BCUT2D eigenvalue weighted by Crippen LogP contribution is 2.34. The largest absolute Gasteiger partial charge is 0.371 e. The summed E-state index contributed by atoms with van der Waals surface area (Å²) < 4.78 is 14.3. The van der Waals surface area contributed by atoms with Crippen LogP contribution in [0.15, 0.2) is 55.0 Å². The van der Waals surface area contributed by atoms with E-state index in [0.717, 1.165) is 40.9 Å². The molecule has 0 radical (unpaired) electrons. The van der Waals surface area contributed by atoms with Gasteiger partial charge in [0.15, 0.2) is 0 Å². The fourth-order valence-corrected chi connectivity index (χ4v) is 3.74. The van der Waals surface area contributed by atoms with Gasteiger partial charge < -0.3 is 4.90 Å². The van der Waals surface area contributed by atoms with Crippen LogP contribution in [0, 0.1) is 5.82 Å². The number of hydrogen-bond donors (Lipinski definition) is 1. The van der Waals surface area contributed by atoms with Gasteiger partial charge in [-0.1, -0.05) is 12.1 Å². The molecule has 6 heteroatoms. The Morgan fingerprint density at radius 3 is 2.70 bits per heavy atom. The van der Waals surface area contributed by atoms with E-state index in [1.165, 1.54) is 18.9 Å². The molecule has 1 saturated heterocycles. The lowest BCUT2D eigenvalue weighted by Crippen LogP contribution is -2.18. The monoisotopic (exact) mass is 359 g/mol. The molecule has 0 aliphatic carbocycles. The van der Waals surface area contributed by atoms with Crippen LogP contribution in [0.2, 0.25) is 0 Å². The number of aromatic nitrogens is 4. The van der Waals surface area contributed by atoms with Gasteiger partial charge in [-0.15, -0.1) is 0 Å². The number of hydrogen-bond acceptors (Lipinski definition) is 4. The maximum absolute atomic E-state index is 14.3. The number of pyridine rings is 2. The zero-order valence-electron chi connectivity index (χ0n) is 14.7. The molecule has 1 aromatic carbocycles. The van der Waals surface area contributed by atoms with E-state index in [9.17, 15) is 4.39 Å². The van der Waals surface area contributed by atoms with Crippen LogP contribution in [-0.2, 0) is 0 Å². The van der Waals surface area contributed by atoms with Gasteiger partial charge in [0.2, 0.25) is 0 Å². The summed E-state index contributed by atoms with van der Waals surface area (Å²) in [5, 5.41) is 8.14. The summed E-state index contributed by atoms with van der Waals surface area (Å²) in [6.45, 7) is 2.09. The van der Waals surface area contributed by atoms with E-state index in [1.807, 2.05) is 30.6 Å². The molecular formula is C21H18FN5. The Kier molecular flexibility index (Phi) is 3.81. The van der Waals surface area contributed by atoms with Crippen LogP contribution in [0.1, 0.15) is 12.8 Å². The molecule has 5 nitrogen and oxygen atoms in total. The average molecular weight is 359 g/mol. The molecule has 5 rings (SSSR count). The Balaban J connectivity index is 1.66. The van der Waals surface area contributed by atoms with Gasteiger partial charge in [-0.3, -0.25) is 15.1 Å². The summed E-state index contributed by atoms with van der Waals surface area (Å²) in [5.74, 6) is -0.289. The maximum atomic E-state index is 14.3. The molecule has 0 bridgehead atoms. The van der Waals surface area contributed by atoms with Gasteiger partial charge in [0, 0.05) is 47.7 Å². The Morgan fingerprint density at radius 2 is 1.85 bits per heavy atom. The van der Waals surface area contributed by atoms with Crippen molar-refractivity contribution in [1.82, 2.24) is 20.2 Å². The smallest absolute Gasteiger partial charge is 0.132 e. The molecular weight excluding hydrogens is 341 g/mol. The molecule has 27 heavy (non-hydrogen) atoms. The minimum Gasteiger partial charge on any atom is -0.371 e. The van der Waals surface area contributed by atoms with Crippen molar-refractivity contribution in [2.24, 2.45) is 0 Å². The molecule has 4 heterocycles. The topological polar surface area (TPSA) is 57.7 Å². The summed E-state index contributed by atoms with van der Waals surface area (Å²) in [4.78, 5) is 11.3. The lowest BCUT2D eigenvalue weighted by molar-refractivity contribution is 0.631. The van der Waals surface area contributed by atoms with Crippen molar-refractivity contribution in [3.05, 3.63) is 60.8 Å². The fourth-order valence-electron chi connectivity index (χ4n) is 3.74. The second kappa shape index (κ2) is 6.46. The average Bonchev–Trinajstić information content (AvgIpc) is 3.38. The molecule has 134 valence electrons. The lowest BCUT2D eigenvalue weighted by atomic mass is 10.1. The predicted molar refractivity (Wildman–Crippen MR) is 104 cm³/mol. The molecule has 0 spiro atoms. The van der Waals surface area contributed by atoms with Crippen molar-refractivity contribution in [2.75, 3.05) is 18.0 Å². The SMILES string of the molecule is Fc1ccccc1-c1n[nH]c2cnc(-c3cnccc3N3CCCC3)cc12. The zero-order valence-corrected chi connectivity index (χ0v) is 14.7. The normalized spacial score (nSPS) is 14.2. The van der Waals surface area contributed by atoms with Crippen LogP contribution in [0.4, 0.5) is 10.1 Å². The number of fused-ring (bicyclic) bond motifs is 1. The molecule has 1 fully saturated rings. The first-order chi connectivity index (χ1) is 13.3. The predicted octanol–water partition coefficient (Wildman–Crippen LogP) is 4.43. The van der Waals surface area contributed by atoms with Gasteiger partial charge in [-0.05, 0) is 37.1 Å². The van der Waals surface area contributed by atoms with E-state index < -0.39 is 0 Å². The zero-order chi connectivity index (χ0) is 18.2. The summed E-state index contributed by atoms with van der Waals surface area (Å²) in [6.07, 6.45) is 7.83. The van der Waals surface area contributed by atoms with Crippen molar-refractivity contribution in [3.8, 4) is 22.5 Å². The molecule has 0 atom stereocenters. The van der Waals surface area contributed by atoms with E-state index >= 15 is 0 Å². The van der Waals surface area contributed by atoms with Crippen LogP contribution in [0.3, 0.4) is 0 Å². The molecule has 1 N–H and O–H groups in total. The summed E-state index contributed by atoms with van der Waals surface area (Å²) in [6, 6.07) is 10.7. The summed E-state index contributed by atoms with van der Waals surface area (Å²) in [5.41, 5.74) is 4.80. The number of nitrogens with zero attached hydrogens (tertiary/aromatic N) is 4. The van der Waals surface area contributed by atoms with Gasteiger partial charge in [-0.2, -0.15) is 5.10 Å². The highest BCUT2D eigenvalue weighted by atomic mass is 19.1. The van der Waals surface area contributed by atoms with E-state index in [1.54, 1.807) is 18.3 Å². The third-order valence-corrected chi connectivity index (χ3v) is 5.10. The molecule has 0 saturated carbocycles. The van der Waals surface area contributed by atoms with E-state index in [2.05, 4.69) is 25.1 Å². The second-order valence-electron chi connectivity index (χ2n) is 6.75. The Morgan fingerprint density at radius 1 is 1.00 bits per heavy atom. The molecule has 0 unspecified atom stereocenters. The van der Waals surface area contributed by atoms with Crippen molar-refractivity contribution >= 4 is 16.6 Å². The van der Waals surface area contributed by atoms with Gasteiger partial charge in [0.1, 0.15) is 11.5 Å². The third-order valence-electron chi connectivity index (χ3n) is 5.10. The summed E-state index contributed by atoms with van der Waals surface area (Å²) >= 11 is 0. The second-order valence-corrected chi connectivity index (χ2v) is 6.75. The van der Waals surface area contributed by atoms with E-state index in [-0.39, 0.29) is 5.82 Å². The van der Waals surface area contributed by atoms with Gasteiger partial charge in [-0.25, -0.2) is 4.39 Å². The summed E-state index contributed by atoms with van der Waals surface area (Å²) in [7, 11) is 0. The number of halogens is 1. The van der Waals surface area contributed by atoms with Gasteiger partial charge in [0.05, 0.1) is 17.4 Å². The van der Waals surface area contributed by atoms with Crippen LogP contribution in [0.25, 0.3) is 33.4 Å². The van der Waals surface area contributed by atoms with E-state index in [4.69, 9.17) is 0 Å². The number of nitrogens with one attached hydrogen (secondary N) is 1. The van der Waals surface area contributed by atoms with E-state index in [0.29, 0.717) is 11.3 Å². The lowest BCUT2D eigenvalue weighted by Gasteiger charge is -2.20.